The predicted octanol–water partition coefficient (Wildman–Crippen LogP) is 3.60. The van der Waals surface area contributed by atoms with Crippen molar-refractivity contribution in [2.75, 3.05) is 27.3 Å². The summed E-state index contributed by atoms with van der Waals surface area (Å²) in [7, 11) is -0.807. The second-order valence-corrected chi connectivity index (χ2v) is 9.15. The molecule has 0 heterocycles. The van der Waals surface area contributed by atoms with E-state index in [2.05, 4.69) is 5.32 Å². The normalized spacial score (nSPS) is 11.4. The van der Waals surface area contributed by atoms with Crippen molar-refractivity contribution in [2.45, 2.75) is 31.2 Å². The van der Waals surface area contributed by atoms with Gasteiger partial charge in [-0.05, 0) is 55.3 Å². The Kier molecular flexibility index (Phi) is 9.09. The molecular weight excluding hydrogens is 447 g/mol. The summed E-state index contributed by atoms with van der Waals surface area (Å²) in [4.78, 5) is 12.2. The van der Waals surface area contributed by atoms with Gasteiger partial charge < -0.3 is 14.8 Å². The molecule has 0 saturated carbocycles. The number of hydrogen-bond donors (Lipinski definition) is 1. The maximum absolute atomic E-state index is 13.0. The summed E-state index contributed by atoms with van der Waals surface area (Å²) in [6.45, 7) is 2.67. The van der Waals surface area contributed by atoms with Crippen LogP contribution in [0.1, 0.15) is 25.3 Å². The molecule has 1 N–H and O–H groups in total. The number of amides is 1. The Morgan fingerprint density at radius 2 is 1.90 bits per heavy atom. The number of halogens is 2. The fourth-order valence-electron chi connectivity index (χ4n) is 2.82. The van der Waals surface area contributed by atoms with Crippen molar-refractivity contribution in [3.63, 3.8) is 0 Å². The monoisotopic (exact) mass is 472 g/mol. The third-order valence-corrected chi connectivity index (χ3v) is 6.62. The molecule has 31 heavy (non-hydrogen) atoms. The van der Waals surface area contributed by atoms with Gasteiger partial charge in [0.25, 0.3) is 0 Å². The van der Waals surface area contributed by atoms with Crippen LogP contribution in [0.3, 0.4) is 0 Å². The molecule has 0 aliphatic carbocycles. The molecule has 0 aliphatic heterocycles. The highest BCUT2D eigenvalue weighted by molar-refractivity contribution is 7.89. The lowest BCUT2D eigenvalue weighted by molar-refractivity contribution is -0.121. The second-order valence-electron chi connectivity index (χ2n) is 6.70. The van der Waals surface area contributed by atoms with Gasteiger partial charge in [-0.15, -0.1) is 0 Å². The number of ether oxygens (including phenoxy) is 2. The summed E-state index contributed by atoms with van der Waals surface area (Å²) in [6, 6.07) is 8.04. The number of carbonyl (C=O) groups excluding carboxylic acids is 1. The van der Waals surface area contributed by atoms with Gasteiger partial charge in [0.2, 0.25) is 15.9 Å². The molecule has 0 aliphatic rings. The molecule has 10 heteroatoms. The molecule has 0 bridgehead atoms. The van der Waals surface area contributed by atoms with E-state index < -0.39 is 15.8 Å². The number of sulfonamides is 1. The average molecular weight is 473 g/mol. The van der Waals surface area contributed by atoms with Crippen LogP contribution >= 0.6 is 11.6 Å². The SMILES string of the molecule is CCOc1c(Cl)cc(CNC(=O)CCCN(C)S(=O)(=O)c2ccc(F)cc2)cc1OC. The van der Waals surface area contributed by atoms with Gasteiger partial charge in [0.15, 0.2) is 11.5 Å². The molecule has 2 aromatic rings. The molecule has 0 saturated heterocycles. The summed E-state index contributed by atoms with van der Waals surface area (Å²) in [5, 5.41) is 3.16. The van der Waals surface area contributed by atoms with Gasteiger partial charge >= 0.3 is 0 Å². The Labute approximate surface area is 187 Å². The number of carbonyl (C=O) groups is 1. The Bertz CT molecular complexity index is 1000. The van der Waals surface area contributed by atoms with Gasteiger partial charge in [0.05, 0.1) is 23.6 Å². The van der Waals surface area contributed by atoms with Crippen molar-refractivity contribution in [1.29, 1.82) is 0 Å². The van der Waals surface area contributed by atoms with Crippen molar-refractivity contribution in [2.24, 2.45) is 0 Å². The molecule has 0 radical (unpaired) electrons. The van der Waals surface area contributed by atoms with Crippen LogP contribution in [0.4, 0.5) is 4.39 Å². The highest BCUT2D eigenvalue weighted by atomic mass is 35.5. The van der Waals surface area contributed by atoms with E-state index in [0.717, 1.165) is 22.0 Å². The highest BCUT2D eigenvalue weighted by Crippen LogP contribution is 2.36. The standard InChI is InChI=1S/C21H26ClFN2O5S/c1-4-30-21-18(22)12-15(13-19(21)29-3)14-24-20(26)6-5-11-25(2)31(27,28)17-9-7-16(23)8-10-17/h7-10,12-13H,4-6,11,14H2,1-3H3,(H,24,26). The van der Waals surface area contributed by atoms with Crippen LogP contribution in [-0.4, -0.2) is 45.9 Å². The fraction of sp³-hybridized carbons (Fsp3) is 0.381. The van der Waals surface area contributed by atoms with Gasteiger partial charge in [0, 0.05) is 26.6 Å². The third-order valence-electron chi connectivity index (χ3n) is 4.47. The minimum absolute atomic E-state index is 0.00202. The van der Waals surface area contributed by atoms with E-state index in [4.69, 9.17) is 21.1 Å². The van der Waals surface area contributed by atoms with Crippen LogP contribution in [0.25, 0.3) is 0 Å². The summed E-state index contributed by atoms with van der Waals surface area (Å²) >= 11 is 6.23. The van der Waals surface area contributed by atoms with Crippen LogP contribution in [-0.2, 0) is 21.4 Å². The molecule has 2 rings (SSSR count). The number of nitrogens with one attached hydrogen (secondary N) is 1. The van der Waals surface area contributed by atoms with Crippen molar-refractivity contribution in [3.05, 3.63) is 52.8 Å². The summed E-state index contributed by atoms with van der Waals surface area (Å²) < 4.78 is 49.8. The van der Waals surface area contributed by atoms with E-state index >= 15 is 0 Å². The number of benzene rings is 2. The van der Waals surface area contributed by atoms with E-state index in [1.165, 1.54) is 26.3 Å². The third kappa shape index (κ3) is 6.81. The van der Waals surface area contributed by atoms with Gasteiger partial charge in [0.1, 0.15) is 5.82 Å². The number of rotatable bonds is 11. The van der Waals surface area contributed by atoms with Gasteiger partial charge in [-0.1, -0.05) is 11.6 Å². The van der Waals surface area contributed by atoms with E-state index in [1.54, 1.807) is 12.1 Å². The summed E-state index contributed by atoms with van der Waals surface area (Å²) in [5.74, 6) is 0.194. The Hall–Kier alpha value is -2.36. The van der Waals surface area contributed by atoms with Gasteiger partial charge in [-0.3, -0.25) is 4.79 Å². The summed E-state index contributed by atoms with van der Waals surface area (Å²) in [6.07, 6.45) is 0.473. The largest absolute Gasteiger partial charge is 0.493 e. The number of methoxy groups -OCH3 is 1. The number of hydrogen-bond acceptors (Lipinski definition) is 5. The second kappa shape index (κ2) is 11.3. The van der Waals surface area contributed by atoms with E-state index in [-0.39, 0.29) is 30.3 Å². The lowest BCUT2D eigenvalue weighted by Gasteiger charge is -2.17. The molecule has 0 aromatic heterocycles. The van der Waals surface area contributed by atoms with Crippen molar-refractivity contribution < 1.29 is 27.1 Å². The maximum Gasteiger partial charge on any atom is 0.242 e. The smallest absolute Gasteiger partial charge is 0.242 e. The Balaban J connectivity index is 1.86. The van der Waals surface area contributed by atoms with Gasteiger partial charge in [-0.2, -0.15) is 0 Å². The van der Waals surface area contributed by atoms with Crippen LogP contribution in [0, 0.1) is 5.82 Å². The van der Waals surface area contributed by atoms with Crippen molar-refractivity contribution in [1.82, 2.24) is 9.62 Å². The average Bonchev–Trinajstić information content (AvgIpc) is 2.74. The van der Waals surface area contributed by atoms with Crippen LogP contribution in [0.2, 0.25) is 5.02 Å². The molecule has 0 unspecified atom stereocenters. The molecule has 1 amide bonds. The van der Waals surface area contributed by atoms with E-state index in [0.29, 0.717) is 29.5 Å². The first kappa shape index (κ1) is 24.9. The number of nitrogens with zero attached hydrogens (tertiary/aromatic N) is 1. The quantitative estimate of drug-likeness (QED) is 0.540. The summed E-state index contributed by atoms with van der Waals surface area (Å²) in [5.41, 5.74) is 0.745. The first-order valence-electron chi connectivity index (χ1n) is 9.66. The van der Waals surface area contributed by atoms with Crippen LogP contribution in [0.5, 0.6) is 11.5 Å². The van der Waals surface area contributed by atoms with E-state index in [9.17, 15) is 17.6 Å². The van der Waals surface area contributed by atoms with Gasteiger partial charge in [-0.25, -0.2) is 17.1 Å². The highest BCUT2D eigenvalue weighted by Gasteiger charge is 2.20. The lowest BCUT2D eigenvalue weighted by atomic mass is 10.2. The molecule has 170 valence electrons. The van der Waals surface area contributed by atoms with Crippen molar-refractivity contribution in [3.8, 4) is 11.5 Å². The molecule has 0 atom stereocenters. The van der Waals surface area contributed by atoms with Crippen LogP contribution < -0.4 is 14.8 Å². The maximum atomic E-state index is 13.0. The minimum Gasteiger partial charge on any atom is -0.493 e. The van der Waals surface area contributed by atoms with E-state index in [1.807, 2.05) is 6.92 Å². The topological polar surface area (TPSA) is 84.9 Å². The first-order chi connectivity index (χ1) is 14.7. The molecule has 2 aromatic carbocycles. The predicted molar refractivity (Wildman–Crippen MR) is 116 cm³/mol. The lowest BCUT2D eigenvalue weighted by Crippen LogP contribution is -2.29. The molecule has 0 spiro atoms. The zero-order valence-corrected chi connectivity index (χ0v) is 19.2. The Morgan fingerprint density at radius 1 is 1.23 bits per heavy atom. The molecular formula is C21H26ClFN2O5S. The van der Waals surface area contributed by atoms with Crippen LogP contribution in [0.15, 0.2) is 41.3 Å². The Morgan fingerprint density at radius 3 is 2.52 bits per heavy atom. The van der Waals surface area contributed by atoms with Crippen molar-refractivity contribution >= 4 is 27.5 Å². The molecule has 0 fully saturated rings. The first-order valence-corrected chi connectivity index (χ1v) is 11.5. The zero-order chi connectivity index (χ0) is 23.0. The molecule has 7 nitrogen and oxygen atoms in total. The fourth-order valence-corrected chi connectivity index (χ4v) is 4.31. The minimum atomic E-state index is -3.74. The zero-order valence-electron chi connectivity index (χ0n) is 17.7.